The highest BCUT2D eigenvalue weighted by Crippen LogP contribution is 2.28. The Balaban J connectivity index is 1.60. The van der Waals surface area contributed by atoms with Crippen LogP contribution in [-0.2, 0) is 10.0 Å². The molecule has 140 valence electrons. The van der Waals surface area contributed by atoms with Crippen molar-refractivity contribution in [2.75, 3.05) is 32.8 Å². The lowest BCUT2D eigenvalue weighted by Gasteiger charge is -2.36. The van der Waals surface area contributed by atoms with Gasteiger partial charge in [0, 0.05) is 37.2 Å². The van der Waals surface area contributed by atoms with Gasteiger partial charge in [-0.05, 0) is 35.9 Å². The molecule has 1 unspecified atom stereocenters. The maximum Gasteiger partial charge on any atom is 0.238 e. The second-order valence-electron chi connectivity index (χ2n) is 6.14. The van der Waals surface area contributed by atoms with E-state index in [2.05, 4.69) is 16.3 Å². The number of benzene rings is 2. The lowest BCUT2D eigenvalue weighted by atomic mass is 10.0. The fraction of sp³-hybridized carbons (Fsp3) is 0.333. The van der Waals surface area contributed by atoms with Crippen LogP contribution in [0.3, 0.4) is 0 Å². The van der Waals surface area contributed by atoms with Crippen molar-refractivity contribution in [3.63, 3.8) is 0 Å². The SMILES string of the molecule is NS(=O)(=O)c1ccc(OCCN2CCNCC2c2ccccc2Cl)cc1. The van der Waals surface area contributed by atoms with E-state index >= 15 is 0 Å². The highest BCUT2D eigenvalue weighted by atomic mass is 35.5. The number of nitrogens with one attached hydrogen (secondary N) is 1. The number of hydrogen-bond donors (Lipinski definition) is 2. The van der Waals surface area contributed by atoms with Crippen molar-refractivity contribution in [2.45, 2.75) is 10.9 Å². The number of nitrogens with zero attached hydrogens (tertiary/aromatic N) is 1. The summed E-state index contributed by atoms with van der Waals surface area (Å²) >= 11 is 6.36. The van der Waals surface area contributed by atoms with E-state index in [0.717, 1.165) is 36.8 Å². The van der Waals surface area contributed by atoms with Crippen LogP contribution in [0.2, 0.25) is 5.02 Å². The van der Waals surface area contributed by atoms with Crippen molar-refractivity contribution in [2.24, 2.45) is 5.14 Å². The molecule has 0 aromatic heterocycles. The van der Waals surface area contributed by atoms with Gasteiger partial charge in [0.25, 0.3) is 0 Å². The standard InChI is InChI=1S/C18H22ClN3O3S/c19-17-4-2-1-3-16(17)18-13-21-9-10-22(18)11-12-25-14-5-7-15(8-6-14)26(20,23)24/h1-8,18,21H,9-13H2,(H2,20,23,24). The summed E-state index contributed by atoms with van der Waals surface area (Å²) in [7, 11) is -3.68. The minimum atomic E-state index is -3.68. The maximum absolute atomic E-state index is 11.3. The molecule has 0 saturated carbocycles. The van der Waals surface area contributed by atoms with Crippen LogP contribution >= 0.6 is 11.6 Å². The maximum atomic E-state index is 11.3. The molecule has 1 atom stereocenters. The molecule has 0 bridgehead atoms. The van der Waals surface area contributed by atoms with Gasteiger partial charge in [0.15, 0.2) is 0 Å². The zero-order valence-electron chi connectivity index (χ0n) is 14.3. The van der Waals surface area contributed by atoms with Crippen molar-refractivity contribution < 1.29 is 13.2 Å². The Bertz CT molecular complexity index is 843. The third-order valence-corrected chi connectivity index (χ3v) is 5.69. The molecule has 1 aliphatic heterocycles. The minimum absolute atomic E-state index is 0.0748. The van der Waals surface area contributed by atoms with Gasteiger partial charge in [0.2, 0.25) is 10.0 Å². The summed E-state index contributed by atoms with van der Waals surface area (Å²) in [6, 6.07) is 14.2. The normalized spacial score (nSPS) is 18.6. The van der Waals surface area contributed by atoms with Crippen LogP contribution in [0.25, 0.3) is 0 Å². The molecule has 1 heterocycles. The Morgan fingerprint density at radius 2 is 1.92 bits per heavy atom. The summed E-state index contributed by atoms with van der Waals surface area (Å²) in [6.07, 6.45) is 0. The molecule has 0 amide bonds. The number of nitrogens with two attached hydrogens (primary N) is 1. The molecule has 2 aromatic rings. The molecule has 0 spiro atoms. The van der Waals surface area contributed by atoms with Gasteiger partial charge < -0.3 is 10.1 Å². The summed E-state index contributed by atoms with van der Waals surface area (Å²) < 4.78 is 28.3. The van der Waals surface area contributed by atoms with Gasteiger partial charge in [-0.1, -0.05) is 29.8 Å². The molecule has 3 rings (SSSR count). The Labute approximate surface area is 158 Å². The quantitative estimate of drug-likeness (QED) is 0.781. The second-order valence-corrected chi connectivity index (χ2v) is 8.11. The Morgan fingerprint density at radius 3 is 2.62 bits per heavy atom. The van der Waals surface area contributed by atoms with Gasteiger partial charge in [-0.15, -0.1) is 0 Å². The van der Waals surface area contributed by atoms with Crippen molar-refractivity contribution in [1.82, 2.24) is 10.2 Å². The number of piperazine rings is 1. The summed E-state index contributed by atoms with van der Waals surface area (Å²) in [6.45, 7) is 3.91. The first-order chi connectivity index (χ1) is 12.4. The third kappa shape index (κ3) is 4.75. The van der Waals surface area contributed by atoms with Crippen molar-refractivity contribution in [1.29, 1.82) is 0 Å². The van der Waals surface area contributed by atoms with Crippen molar-refractivity contribution in [3.05, 3.63) is 59.1 Å². The summed E-state index contributed by atoms with van der Waals surface area (Å²) in [5, 5.41) is 9.27. The lowest BCUT2D eigenvalue weighted by molar-refractivity contribution is 0.134. The van der Waals surface area contributed by atoms with Crippen LogP contribution < -0.4 is 15.2 Å². The summed E-state index contributed by atoms with van der Waals surface area (Å²) in [5.41, 5.74) is 1.11. The van der Waals surface area contributed by atoms with Crippen LogP contribution in [0.5, 0.6) is 5.75 Å². The molecular formula is C18H22ClN3O3S. The van der Waals surface area contributed by atoms with Crippen LogP contribution in [0, 0.1) is 0 Å². The van der Waals surface area contributed by atoms with Gasteiger partial charge in [0.1, 0.15) is 12.4 Å². The van der Waals surface area contributed by atoms with E-state index < -0.39 is 10.0 Å². The molecule has 2 aromatic carbocycles. The topological polar surface area (TPSA) is 84.7 Å². The van der Waals surface area contributed by atoms with Crippen LogP contribution in [0.15, 0.2) is 53.4 Å². The molecule has 6 nitrogen and oxygen atoms in total. The first-order valence-corrected chi connectivity index (χ1v) is 10.3. The molecule has 3 N–H and O–H groups in total. The molecule has 1 saturated heterocycles. The average molecular weight is 396 g/mol. The Morgan fingerprint density at radius 1 is 1.19 bits per heavy atom. The molecular weight excluding hydrogens is 374 g/mol. The van der Waals surface area contributed by atoms with E-state index in [1.807, 2.05) is 18.2 Å². The third-order valence-electron chi connectivity index (χ3n) is 4.42. The van der Waals surface area contributed by atoms with E-state index in [-0.39, 0.29) is 10.9 Å². The molecule has 26 heavy (non-hydrogen) atoms. The zero-order valence-corrected chi connectivity index (χ0v) is 15.8. The minimum Gasteiger partial charge on any atom is -0.492 e. The predicted octanol–water partition coefficient (Wildman–Crippen LogP) is 2.01. The van der Waals surface area contributed by atoms with Crippen molar-refractivity contribution in [3.8, 4) is 5.75 Å². The first-order valence-electron chi connectivity index (χ1n) is 8.40. The van der Waals surface area contributed by atoms with Crippen LogP contribution in [0.4, 0.5) is 0 Å². The van der Waals surface area contributed by atoms with Crippen LogP contribution in [-0.4, -0.2) is 46.1 Å². The molecule has 0 radical (unpaired) electrons. The number of hydrogen-bond acceptors (Lipinski definition) is 5. The molecule has 1 fully saturated rings. The second kappa shape index (κ2) is 8.37. The highest BCUT2D eigenvalue weighted by molar-refractivity contribution is 7.89. The molecule has 8 heteroatoms. The predicted molar refractivity (Wildman–Crippen MR) is 102 cm³/mol. The van der Waals surface area contributed by atoms with Gasteiger partial charge in [-0.25, -0.2) is 13.6 Å². The van der Waals surface area contributed by atoms with Crippen LogP contribution in [0.1, 0.15) is 11.6 Å². The number of rotatable bonds is 6. The van der Waals surface area contributed by atoms with Gasteiger partial charge in [0.05, 0.1) is 4.90 Å². The van der Waals surface area contributed by atoms with Gasteiger partial charge in [-0.2, -0.15) is 0 Å². The Kier molecular flexibility index (Phi) is 6.16. The van der Waals surface area contributed by atoms with E-state index in [0.29, 0.717) is 12.4 Å². The number of primary sulfonamides is 1. The number of sulfonamides is 1. The van der Waals surface area contributed by atoms with E-state index in [9.17, 15) is 8.42 Å². The number of halogens is 1. The lowest BCUT2D eigenvalue weighted by Crippen LogP contribution is -2.47. The summed E-state index contributed by atoms with van der Waals surface area (Å²) in [5.74, 6) is 0.613. The van der Waals surface area contributed by atoms with Gasteiger partial charge >= 0.3 is 0 Å². The fourth-order valence-electron chi connectivity index (χ4n) is 3.07. The zero-order chi connectivity index (χ0) is 18.6. The molecule has 1 aliphatic rings. The smallest absolute Gasteiger partial charge is 0.238 e. The molecule has 0 aliphatic carbocycles. The van der Waals surface area contributed by atoms with E-state index in [1.165, 1.54) is 12.1 Å². The Hall–Kier alpha value is -1.64. The van der Waals surface area contributed by atoms with E-state index in [1.54, 1.807) is 12.1 Å². The van der Waals surface area contributed by atoms with Gasteiger partial charge in [-0.3, -0.25) is 4.90 Å². The average Bonchev–Trinajstić information content (AvgIpc) is 2.62. The van der Waals surface area contributed by atoms with Crippen molar-refractivity contribution >= 4 is 21.6 Å². The fourth-order valence-corrected chi connectivity index (χ4v) is 3.85. The monoisotopic (exact) mass is 395 g/mol. The summed E-state index contributed by atoms with van der Waals surface area (Å²) in [4.78, 5) is 2.42. The largest absolute Gasteiger partial charge is 0.492 e. The van der Waals surface area contributed by atoms with E-state index in [4.69, 9.17) is 21.5 Å². The highest BCUT2D eigenvalue weighted by Gasteiger charge is 2.25. The number of ether oxygens (including phenoxy) is 1. The first kappa shape index (κ1) is 19.1.